The molecule has 0 radical (unpaired) electrons. The Kier molecular flexibility index (Phi) is 4.36. The molecule has 0 fully saturated rings. The first-order valence-corrected chi connectivity index (χ1v) is 8.11. The van der Waals surface area contributed by atoms with Gasteiger partial charge in [-0.05, 0) is 42.3 Å². The third-order valence-electron chi connectivity index (χ3n) is 3.35. The first kappa shape index (κ1) is 13.9. The summed E-state index contributed by atoms with van der Waals surface area (Å²) in [5, 5.41) is 6.53. The van der Waals surface area contributed by atoms with Crippen LogP contribution in [-0.4, -0.2) is 9.55 Å². The fourth-order valence-electron chi connectivity index (χ4n) is 2.29. The van der Waals surface area contributed by atoms with Crippen LogP contribution in [0.2, 0.25) is 0 Å². The molecule has 0 aliphatic heterocycles. The van der Waals surface area contributed by atoms with Crippen LogP contribution >= 0.6 is 11.3 Å². The molecule has 1 N–H and O–H groups in total. The van der Waals surface area contributed by atoms with Gasteiger partial charge in [-0.3, -0.25) is 0 Å². The van der Waals surface area contributed by atoms with Crippen LogP contribution in [-0.2, 0) is 13.1 Å². The standard InChI is InChI=1S/C17H19N3S/c1-2-9-20-10-7-14(13-20)12-19-16-5-3-15(4-6-16)17-18-8-11-21-17/h3-8,10-11,13,19H,2,9,12H2,1H3. The van der Waals surface area contributed by atoms with Crippen LogP contribution in [0.5, 0.6) is 0 Å². The second kappa shape index (κ2) is 6.59. The van der Waals surface area contributed by atoms with Crippen molar-refractivity contribution in [2.45, 2.75) is 26.4 Å². The highest BCUT2D eigenvalue weighted by Gasteiger charge is 2.01. The SMILES string of the molecule is CCCn1ccc(CNc2ccc(-c3nccs3)cc2)c1. The van der Waals surface area contributed by atoms with Gasteiger partial charge in [-0.25, -0.2) is 4.98 Å². The van der Waals surface area contributed by atoms with Gasteiger partial charge in [0.15, 0.2) is 0 Å². The minimum Gasteiger partial charge on any atom is -0.381 e. The van der Waals surface area contributed by atoms with E-state index >= 15 is 0 Å². The van der Waals surface area contributed by atoms with Crippen molar-refractivity contribution in [1.29, 1.82) is 0 Å². The Bertz CT molecular complexity index is 668. The zero-order valence-corrected chi connectivity index (χ0v) is 12.9. The quantitative estimate of drug-likeness (QED) is 0.718. The van der Waals surface area contributed by atoms with Crippen molar-refractivity contribution in [2.24, 2.45) is 0 Å². The number of rotatable bonds is 6. The van der Waals surface area contributed by atoms with Crippen LogP contribution in [0.4, 0.5) is 5.69 Å². The molecule has 0 amide bonds. The van der Waals surface area contributed by atoms with E-state index in [-0.39, 0.29) is 0 Å². The van der Waals surface area contributed by atoms with Gasteiger partial charge in [0.05, 0.1) is 0 Å². The molecule has 21 heavy (non-hydrogen) atoms. The molecule has 4 heteroatoms. The minimum absolute atomic E-state index is 0.854. The molecule has 0 aliphatic carbocycles. The number of hydrogen-bond donors (Lipinski definition) is 1. The molecule has 0 bridgehead atoms. The summed E-state index contributed by atoms with van der Waals surface area (Å²) in [5.41, 5.74) is 3.62. The summed E-state index contributed by atoms with van der Waals surface area (Å²) in [7, 11) is 0. The molecule has 0 saturated carbocycles. The number of nitrogens with zero attached hydrogens (tertiary/aromatic N) is 2. The van der Waals surface area contributed by atoms with E-state index in [1.54, 1.807) is 11.3 Å². The topological polar surface area (TPSA) is 29.9 Å². The zero-order chi connectivity index (χ0) is 14.5. The maximum atomic E-state index is 4.33. The average Bonchev–Trinajstić information content (AvgIpc) is 3.18. The number of aromatic nitrogens is 2. The van der Waals surface area contributed by atoms with E-state index in [1.165, 1.54) is 17.5 Å². The van der Waals surface area contributed by atoms with Crippen molar-refractivity contribution in [3.63, 3.8) is 0 Å². The van der Waals surface area contributed by atoms with Crippen LogP contribution in [0, 0.1) is 0 Å². The molecular formula is C17H19N3S. The lowest BCUT2D eigenvalue weighted by molar-refractivity contribution is 0.682. The third-order valence-corrected chi connectivity index (χ3v) is 4.18. The van der Waals surface area contributed by atoms with Crippen molar-refractivity contribution in [1.82, 2.24) is 9.55 Å². The molecule has 0 aliphatic rings. The predicted molar refractivity (Wildman–Crippen MR) is 89.6 cm³/mol. The van der Waals surface area contributed by atoms with Crippen molar-refractivity contribution < 1.29 is 0 Å². The Morgan fingerprint density at radius 2 is 2.05 bits per heavy atom. The predicted octanol–water partition coefficient (Wildman–Crippen LogP) is 4.63. The van der Waals surface area contributed by atoms with Crippen molar-refractivity contribution in [3.05, 3.63) is 59.9 Å². The fourth-order valence-corrected chi connectivity index (χ4v) is 2.94. The molecule has 3 aromatic rings. The molecule has 2 aromatic heterocycles. The maximum absolute atomic E-state index is 4.33. The average molecular weight is 297 g/mol. The van der Waals surface area contributed by atoms with Crippen LogP contribution in [0.3, 0.4) is 0 Å². The lowest BCUT2D eigenvalue weighted by atomic mass is 10.2. The molecule has 0 atom stereocenters. The first-order chi connectivity index (χ1) is 10.3. The third kappa shape index (κ3) is 3.52. The number of nitrogens with one attached hydrogen (secondary N) is 1. The number of thiazole rings is 1. The van der Waals surface area contributed by atoms with Crippen LogP contribution in [0.15, 0.2) is 54.3 Å². The Morgan fingerprint density at radius 3 is 2.76 bits per heavy atom. The van der Waals surface area contributed by atoms with E-state index < -0.39 is 0 Å². The molecule has 2 heterocycles. The van der Waals surface area contributed by atoms with E-state index in [9.17, 15) is 0 Å². The highest BCUT2D eigenvalue weighted by Crippen LogP contribution is 2.23. The number of hydrogen-bond acceptors (Lipinski definition) is 3. The summed E-state index contributed by atoms with van der Waals surface area (Å²) in [5.74, 6) is 0. The Labute approximate surface area is 129 Å². The van der Waals surface area contributed by atoms with E-state index in [0.29, 0.717) is 0 Å². The summed E-state index contributed by atoms with van der Waals surface area (Å²) in [6, 6.07) is 10.6. The number of benzene rings is 1. The Hall–Kier alpha value is -2.07. The van der Waals surface area contributed by atoms with Gasteiger partial charge in [-0.2, -0.15) is 0 Å². The summed E-state index contributed by atoms with van der Waals surface area (Å²) in [6.45, 7) is 4.14. The van der Waals surface area contributed by atoms with Gasteiger partial charge in [-0.15, -0.1) is 11.3 Å². The van der Waals surface area contributed by atoms with Gasteiger partial charge >= 0.3 is 0 Å². The van der Waals surface area contributed by atoms with E-state index in [1.807, 2.05) is 11.6 Å². The van der Waals surface area contributed by atoms with Gasteiger partial charge in [0.2, 0.25) is 0 Å². The lowest BCUT2D eigenvalue weighted by Crippen LogP contribution is -1.98. The summed E-state index contributed by atoms with van der Waals surface area (Å²) in [6.07, 6.45) is 7.36. The summed E-state index contributed by atoms with van der Waals surface area (Å²) >= 11 is 1.67. The van der Waals surface area contributed by atoms with Gasteiger partial charge in [0, 0.05) is 48.3 Å². The minimum atomic E-state index is 0.854. The highest BCUT2D eigenvalue weighted by atomic mass is 32.1. The first-order valence-electron chi connectivity index (χ1n) is 7.23. The van der Waals surface area contributed by atoms with Gasteiger partial charge in [0.1, 0.15) is 5.01 Å². The molecule has 3 rings (SSSR count). The molecule has 3 nitrogen and oxygen atoms in total. The van der Waals surface area contributed by atoms with Crippen LogP contribution < -0.4 is 5.32 Å². The van der Waals surface area contributed by atoms with E-state index in [2.05, 4.69) is 64.5 Å². The molecule has 1 aromatic carbocycles. The zero-order valence-electron chi connectivity index (χ0n) is 12.1. The van der Waals surface area contributed by atoms with Crippen LogP contribution in [0.25, 0.3) is 10.6 Å². The Balaban J connectivity index is 1.60. The molecule has 108 valence electrons. The maximum Gasteiger partial charge on any atom is 0.123 e. The van der Waals surface area contributed by atoms with Crippen LogP contribution in [0.1, 0.15) is 18.9 Å². The number of anilines is 1. The molecule has 0 saturated heterocycles. The lowest BCUT2D eigenvalue weighted by Gasteiger charge is -2.06. The second-order valence-electron chi connectivity index (χ2n) is 5.03. The highest BCUT2D eigenvalue weighted by molar-refractivity contribution is 7.13. The fraction of sp³-hybridized carbons (Fsp3) is 0.235. The smallest absolute Gasteiger partial charge is 0.123 e. The van der Waals surface area contributed by atoms with Crippen molar-refractivity contribution >= 4 is 17.0 Å². The Morgan fingerprint density at radius 1 is 1.19 bits per heavy atom. The van der Waals surface area contributed by atoms with Gasteiger partial charge in [-0.1, -0.05) is 6.92 Å². The normalized spacial score (nSPS) is 10.7. The van der Waals surface area contributed by atoms with E-state index in [4.69, 9.17) is 0 Å². The molecular weight excluding hydrogens is 278 g/mol. The molecule has 0 unspecified atom stereocenters. The van der Waals surface area contributed by atoms with Crippen molar-refractivity contribution in [3.8, 4) is 10.6 Å². The number of aryl methyl sites for hydroxylation is 1. The summed E-state index contributed by atoms with van der Waals surface area (Å²) < 4.78 is 2.24. The van der Waals surface area contributed by atoms with Gasteiger partial charge < -0.3 is 9.88 Å². The molecule has 0 spiro atoms. The monoisotopic (exact) mass is 297 g/mol. The largest absolute Gasteiger partial charge is 0.381 e. The van der Waals surface area contributed by atoms with Crippen molar-refractivity contribution in [2.75, 3.05) is 5.32 Å². The van der Waals surface area contributed by atoms with E-state index in [0.717, 1.165) is 23.8 Å². The second-order valence-corrected chi connectivity index (χ2v) is 5.92. The summed E-state index contributed by atoms with van der Waals surface area (Å²) in [4.78, 5) is 4.33. The van der Waals surface area contributed by atoms with Gasteiger partial charge in [0.25, 0.3) is 0 Å².